The predicted octanol–water partition coefficient (Wildman–Crippen LogP) is 2.34. The van der Waals surface area contributed by atoms with E-state index in [9.17, 15) is 0 Å². The summed E-state index contributed by atoms with van der Waals surface area (Å²) < 4.78 is 0. The van der Waals surface area contributed by atoms with Gasteiger partial charge in [-0.15, -0.1) is 0 Å². The molecule has 0 aromatic heterocycles. The van der Waals surface area contributed by atoms with Crippen molar-refractivity contribution in [3.63, 3.8) is 0 Å². The maximum absolute atomic E-state index is 3.57. The van der Waals surface area contributed by atoms with Crippen LogP contribution in [0.25, 0.3) is 0 Å². The van der Waals surface area contributed by atoms with Gasteiger partial charge >= 0.3 is 0 Å². The average molecular weight is 216 g/mol. The van der Waals surface area contributed by atoms with Gasteiger partial charge in [0.25, 0.3) is 0 Å². The fourth-order valence-corrected chi connectivity index (χ4v) is 2.86. The summed E-state index contributed by atoms with van der Waals surface area (Å²) in [6.07, 6.45) is 6.45. The molecular formula is C14H20N2. The van der Waals surface area contributed by atoms with Gasteiger partial charge in [-0.25, -0.2) is 0 Å². The SMILES string of the molecule is c1cc2c(cc1CCC1CCCN1)CCN2. The molecule has 0 bridgehead atoms. The second-order valence-electron chi connectivity index (χ2n) is 5.00. The quantitative estimate of drug-likeness (QED) is 0.810. The average Bonchev–Trinajstić information content (AvgIpc) is 2.97. The summed E-state index contributed by atoms with van der Waals surface area (Å²) in [7, 11) is 0. The van der Waals surface area contributed by atoms with Crippen LogP contribution in [0.15, 0.2) is 18.2 Å². The first-order valence-electron chi connectivity index (χ1n) is 6.51. The lowest BCUT2D eigenvalue weighted by Gasteiger charge is -2.10. The van der Waals surface area contributed by atoms with Gasteiger partial charge in [-0.05, 0) is 55.8 Å². The number of nitrogens with one attached hydrogen (secondary N) is 2. The number of benzene rings is 1. The molecule has 0 spiro atoms. The van der Waals surface area contributed by atoms with Crippen LogP contribution in [0.4, 0.5) is 5.69 Å². The monoisotopic (exact) mass is 216 g/mol. The molecule has 0 aliphatic carbocycles. The molecule has 2 N–H and O–H groups in total. The van der Waals surface area contributed by atoms with Crippen LogP contribution in [-0.4, -0.2) is 19.1 Å². The molecule has 0 saturated carbocycles. The molecule has 86 valence electrons. The molecule has 3 rings (SSSR count). The lowest BCUT2D eigenvalue weighted by Crippen LogP contribution is -2.21. The Kier molecular flexibility index (Phi) is 2.83. The first-order valence-corrected chi connectivity index (χ1v) is 6.51. The minimum absolute atomic E-state index is 0.770. The lowest BCUT2D eigenvalue weighted by atomic mass is 10.0. The molecule has 1 saturated heterocycles. The Morgan fingerprint density at radius 1 is 1.25 bits per heavy atom. The van der Waals surface area contributed by atoms with Crippen LogP contribution in [0.2, 0.25) is 0 Å². The van der Waals surface area contributed by atoms with Gasteiger partial charge in [0.05, 0.1) is 0 Å². The molecule has 0 radical (unpaired) electrons. The molecule has 2 nitrogen and oxygen atoms in total. The highest BCUT2D eigenvalue weighted by Crippen LogP contribution is 2.24. The molecule has 2 heteroatoms. The molecular weight excluding hydrogens is 196 g/mol. The largest absolute Gasteiger partial charge is 0.384 e. The van der Waals surface area contributed by atoms with Crippen LogP contribution in [0, 0.1) is 0 Å². The van der Waals surface area contributed by atoms with Crippen LogP contribution in [0.5, 0.6) is 0 Å². The molecule has 2 aliphatic heterocycles. The van der Waals surface area contributed by atoms with Crippen LogP contribution in [-0.2, 0) is 12.8 Å². The maximum Gasteiger partial charge on any atom is 0.0373 e. The third-order valence-electron chi connectivity index (χ3n) is 3.82. The Labute approximate surface area is 97.4 Å². The standard InChI is InChI=1S/C14H20N2/c1-2-13(15-8-1)5-3-11-4-6-14-12(10-11)7-9-16-14/h4,6,10,13,15-16H,1-3,5,7-9H2. The molecule has 2 heterocycles. The molecule has 1 fully saturated rings. The topological polar surface area (TPSA) is 24.1 Å². The van der Waals surface area contributed by atoms with Crippen molar-refractivity contribution in [2.24, 2.45) is 0 Å². The number of fused-ring (bicyclic) bond motifs is 1. The summed E-state index contributed by atoms with van der Waals surface area (Å²) in [4.78, 5) is 0. The van der Waals surface area contributed by atoms with Gasteiger partial charge in [0.15, 0.2) is 0 Å². The Hall–Kier alpha value is -1.02. The van der Waals surface area contributed by atoms with Crippen LogP contribution >= 0.6 is 0 Å². The van der Waals surface area contributed by atoms with E-state index in [2.05, 4.69) is 28.8 Å². The Bertz CT molecular complexity index is 367. The van der Waals surface area contributed by atoms with Crippen molar-refractivity contribution in [2.45, 2.75) is 38.1 Å². The normalized spacial score (nSPS) is 23.1. The molecule has 1 atom stereocenters. The first-order chi connectivity index (χ1) is 7.92. The molecule has 0 amide bonds. The van der Waals surface area contributed by atoms with E-state index >= 15 is 0 Å². The minimum atomic E-state index is 0.770. The van der Waals surface area contributed by atoms with Gasteiger partial charge < -0.3 is 10.6 Å². The van der Waals surface area contributed by atoms with E-state index in [1.807, 2.05) is 0 Å². The van der Waals surface area contributed by atoms with Crippen molar-refractivity contribution in [1.29, 1.82) is 0 Å². The van der Waals surface area contributed by atoms with E-state index in [0.717, 1.165) is 12.6 Å². The van der Waals surface area contributed by atoms with E-state index in [1.54, 1.807) is 0 Å². The Balaban J connectivity index is 1.61. The Morgan fingerprint density at radius 2 is 2.25 bits per heavy atom. The number of rotatable bonds is 3. The van der Waals surface area contributed by atoms with Crippen molar-refractivity contribution < 1.29 is 0 Å². The van der Waals surface area contributed by atoms with Crippen molar-refractivity contribution in [3.05, 3.63) is 29.3 Å². The highest BCUT2D eigenvalue weighted by atomic mass is 14.9. The van der Waals surface area contributed by atoms with E-state index < -0.39 is 0 Å². The zero-order valence-electron chi connectivity index (χ0n) is 9.76. The molecule has 1 unspecified atom stereocenters. The van der Waals surface area contributed by atoms with Crippen molar-refractivity contribution in [2.75, 3.05) is 18.4 Å². The molecule has 1 aromatic rings. The van der Waals surface area contributed by atoms with Gasteiger partial charge in [0, 0.05) is 18.3 Å². The molecule has 1 aromatic carbocycles. The minimum Gasteiger partial charge on any atom is -0.384 e. The van der Waals surface area contributed by atoms with Crippen LogP contribution in [0.3, 0.4) is 0 Å². The Morgan fingerprint density at radius 3 is 3.12 bits per heavy atom. The van der Waals surface area contributed by atoms with Crippen molar-refractivity contribution in [3.8, 4) is 0 Å². The summed E-state index contributed by atoms with van der Waals surface area (Å²) in [5, 5.41) is 6.98. The van der Waals surface area contributed by atoms with Crippen LogP contribution < -0.4 is 10.6 Å². The van der Waals surface area contributed by atoms with E-state index in [-0.39, 0.29) is 0 Å². The highest BCUT2D eigenvalue weighted by molar-refractivity contribution is 5.56. The fourth-order valence-electron chi connectivity index (χ4n) is 2.86. The van der Waals surface area contributed by atoms with Gasteiger partial charge in [-0.2, -0.15) is 0 Å². The number of aryl methyl sites for hydroxylation is 1. The summed E-state index contributed by atoms with van der Waals surface area (Å²) in [6, 6.07) is 7.70. The zero-order chi connectivity index (χ0) is 10.8. The smallest absolute Gasteiger partial charge is 0.0373 e. The predicted molar refractivity (Wildman–Crippen MR) is 68.0 cm³/mol. The number of anilines is 1. The molecule has 2 aliphatic rings. The summed E-state index contributed by atoms with van der Waals surface area (Å²) >= 11 is 0. The highest BCUT2D eigenvalue weighted by Gasteiger charge is 2.14. The lowest BCUT2D eigenvalue weighted by molar-refractivity contribution is 0.559. The van der Waals surface area contributed by atoms with E-state index in [4.69, 9.17) is 0 Å². The fraction of sp³-hybridized carbons (Fsp3) is 0.571. The first kappa shape index (κ1) is 10.2. The molecule has 16 heavy (non-hydrogen) atoms. The second-order valence-corrected chi connectivity index (χ2v) is 5.00. The van der Waals surface area contributed by atoms with Gasteiger partial charge in [0.1, 0.15) is 0 Å². The summed E-state index contributed by atoms with van der Waals surface area (Å²) in [5.41, 5.74) is 4.37. The van der Waals surface area contributed by atoms with Crippen molar-refractivity contribution >= 4 is 5.69 Å². The third kappa shape index (κ3) is 2.07. The van der Waals surface area contributed by atoms with Crippen molar-refractivity contribution in [1.82, 2.24) is 5.32 Å². The summed E-state index contributed by atoms with van der Waals surface area (Å²) in [6.45, 7) is 2.34. The second kappa shape index (κ2) is 4.46. The van der Waals surface area contributed by atoms with Crippen LogP contribution in [0.1, 0.15) is 30.4 Å². The van der Waals surface area contributed by atoms with E-state index in [1.165, 1.54) is 55.5 Å². The van der Waals surface area contributed by atoms with Gasteiger partial charge in [-0.1, -0.05) is 12.1 Å². The van der Waals surface area contributed by atoms with E-state index in [0.29, 0.717) is 0 Å². The third-order valence-corrected chi connectivity index (χ3v) is 3.82. The number of hydrogen-bond acceptors (Lipinski definition) is 2. The maximum atomic E-state index is 3.57. The number of hydrogen-bond donors (Lipinski definition) is 2. The van der Waals surface area contributed by atoms with Gasteiger partial charge in [0.2, 0.25) is 0 Å². The van der Waals surface area contributed by atoms with Gasteiger partial charge in [-0.3, -0.25) is 0 Å². The zero-order valence-corrected chi connectivity index (χ0v) is 9.76. The summed E-state index contributed by atoms with van der Waals surface area (Å²) in [5.74, 6) is 0.